The normalized spacial score (nSPS) is 14.6. The monoisotopic (exact) mass is 429 g/mol. The van der Waals surface area contributed by atoms with Gasteiger partial charge in [0.2, 0.25) is 0 Å². The largest absolute Gasteiger partial charge is 0.378 e. The first-order valence-electron chi connectivity index (χ1n) is 9.73. The fourth-order valence-electron chi connectivity index (χ4n) is 3.44. The number of urea groups is 1. The number of amides is 3. The second-order valence-corrected chi connectivity index (χ2v) is 7.10. The molecule has 1 aliphatic heterocycles. The van der Waals surface area contributed by atoms with Gasteiger partial charge in [-0.05, 0) is 35.9 Å². The summed E-state index contributed by atoms with van der Waals surface area (Å²) >= 11 is 0. The zero-order valence-corrected chi connectivity index (χ0v) is 17.2. The first-order valence-corrected chi connectivity index (χ1v) is 9.73. The second kappa shape index (κ2) is 8.75. The van der Waals surface area contributed by atoms with Crippen LogP contribution in [-0.4, -0.2) is 33.7 Å². The van der Waals surface area contributed by atoms with Crippen LogP contribution in [0.15, 0.2) is 65.1 Å². The van der Waals surface area contributed by atoms with Gasteiger partial charge in [-0.15, -0.1) is 0 Å². The molecule has 2 heterocycles. The first kappa shape index (κ1) is 20.8. The summed E-state index contributed by atoms with van der Waals surface area (Å²) in [6.45, 7) is 0.116. The first-order chi connectivity index (χ1) is 15.5. The van der Waals surface area contributed by atoms with Crippen LogP contribution in [0.4, 0.5) is 4.79 Å². The number of aromatic nitrogens is 2. The number of benzene rings is 2. The topological polar surface area (TPSA) is 120 Å². The number of hydrogen-bond acceptors (Lipinski definition) is 5. The Morgan fingerprint density at radius 2 is 1.88 bits per heavy atom. The predicted octanol–water partition coefficient (Wildman–Crippen LogP) is 2.28. The van der Waals surface area contributed by atoms with Gasteiger partial charge in [0, 0.05) is 7.11 Å². The van der Waals surface area contributed by atoms with Crippen LogP contribution in [0, 0.1) is 11.3 Å². The number of H-pyrrole nitrogens is 1. The number of aromatic amines is 1. The number of rotatable bonds is 6. The Labute approximate surface area is 183 Å². The van der Waals surface area contributed by atoms with E-state index in [9.17, 15) is 14.4 Å². The fraction of sp³-hybridized carbons (Fsp3) is 0.130. The maximum Gasteiger partial charge on any atom is 0.329 e. The lowest BCUT2D eigenvalue weighted by molar-refractivity contribution is -0.123. The number of hydrogen-bond donors (Lipinski definition) is 2. The van der Waals surface area contributed by atoms with Crippen molar-refractivity contribution >= 4 is 18.0 Å². The predicted molar refractivity (Wildman–Crippen MR) is 115 cm³/mol. The Hall–Kier alpha value is -4.42. The van der Waals surface area contributed by atoms with Crippen molar-refractivity contribution in [3.8, 4) is 11.8 Å². The molecule has 0 bridgehead atoms. The molecular formula is C23H19N5O4. The van der Waals surface area contributed by atoms with Gasteiger partial charge in [0.05, 0.1) is 41.7 Å². The summed E-state index contributed by atoms with van der Waals surface area (Å²) in [6, 6.07) is 17.1. The highest BCUT2D eigenvalue weighted by Crippen LogP contribution is 2.18. The van der Waals surface area contributed by atoms with E-state index in [4.69, 9.17) is 10.00 Å². The lowest BCUT2D eigenvalue weighted by Crippen LogP contribution is -2.30. The average molecular weight is 429 g/mol. The van der Waals surface area contributed by atoms with Crippen molar-refractivity contribution in [2.24, 2.45) is 0 Å². The van der Waals surface area contributed by atoms with Gasteiger partial charge in [0.1, 0.15) is 5.70 Å². The van der Waals surface area contributed by atoms with Gasteiger partial charge in [-0.2, -0.15) is 5.26 Å². The standard InChI is InChI=1S/C23H19N5O4/c1-32-14-20-18(21(29)28(26-20)17-8-3-2-4-9-17)11-19-22(30)27(23(31)25-19)13-16-7-5-6-15(10-16)12-24/h2-11,26H,13-14H2,1H3,(H,25,31)/b19-11-. The van der Waals surface area contributed by atoms with E-state index >= 15 is 0 Å². The summed E-state index contributed by atoms with van der Waals surface area (Å²) in [7, 11) is 1.49. The zero-order valence-electron chi connectivity index (χ0n) is 17.2. The fourth-order valence-corrected chi connectivity index (χ4v) is 3.44. The molecule has 0 spiro atoms. The molecule has 0 saturated carbocycles. The Morgan fingerprint density at radius 3 is 2.59 bits per heavy atom. The summed E-state index contributed by atoms with van der Waals surface area (Å²) in [5.41, 5.74) is 1.99. The number of carbonyl (C=O) groups excluding carboxylic acids is 2. The van der Waals surface area contributed by atoms with E-state index in [0.29, 0.717) is 22.5 Å². The van der Waals surface area contributed by atoms with Crippen LogP contribution in [0.2, 0.25) is 0 Å². The van der Waals surface area contributed by atoms with E-state index in [2.05, 4.69) is 10.4 Å². The molecule has 1 saturated heterocycles. The molecule has 3 aromatic rings. The molecule has 0 unspecified atom stereocenters. The van der Waals surface area contributed by atoms with Crippen LogP contribution in [0.1, 0.15) is 22.4 Å². The average Bonchev–Trinajstić information content (AvgIpc) is 3.26. The van der Waals surface area contributed by atoms with Crippen molar-refractivity contribution in [1.82, 2.24) is 20.0 Å². The van der Waals surface area contributed by atoms with Crippen molar-refractivity contribution in [2.75, 3.05) is 7.11 Å². The molecule has 160 valence electrons. The third-order valence-electron chi connectivity index (χ3n) is 4.96. The number of para-hydroxylation sites is 1. The van der Waals surface area contributed by atoms with Crippen LogP contribution in [0.25, 0.3) is 11.8 Å². The summed E-state index contributed by atoms with van der Waals surface area (Å²) in [5.74, 6) is -0.562. The van der Waals surface area contributed by atoms with E-state index in [-0.39, 0.29) is 30.0 Å². The molecule has 0 aliphatic carbocycles. The maximum atomic E-state index is 13.0. The number of carbonyl (C=O) groups is 2. The van der Waals surface area contributed by atoms with E-state index in [1.54, 1.807) is 48.5 Å². The Kier molecular flexibility index (Phi) is 5.70. The number of ether oxygens (including phenoxy) is 1. The summed E-state index contributed by atoms with van der Waals surface area (Å²) in [4.78, 5) is 39.4. The van der Waals surface area contributed by atoms with Crippen molar-refractivity contribution in [3.05, 3.63) is 93.0 Å². The third kappa shape index (κ3) is 3.95. The molecule has 1 aliphatic rings. The summed E-state index contributed by atoms with van der Waals surface area (Å²) in [6.07, 6.45) is 1.36. The smallest absolute Gasteiger partial charge is 0.329 e. The minimum Gasteiger partial charge on any atom is -0.378 e. The van der Waals surface area contributed by atoms with Crippen molar-refractivity contribution in [1.29, 1.82) is 5.26 Å². The van der Waals surface area contributed by atoms with Crippen molar-refractivity contribution in [2.45, 2.75) is 13.2 Å². The SMILES string of the molecule is COCc1[nH]n(-c2ccccc2)c(=O)c1/C=C1\NC(=O)N(Cc2cccc(C#N)c2)C1=O. The Bertz CT molecular complexity index is 1310. The van der Waals surface area contributed by atoms with Crippen LogP contribution < -0.4 is 10.9 Å². The molecule has 9 heteroatoms. The zero-order chi connectivity index (χ0) is 22.7. The number of nitrogens with one attached hydrogen (secondary N) is 2. The van der Waals surface area contributed by atoms with Gasteiger partial charge in [-0.25, -0.2) is 9.48 Å². The summed E-state index contributed by atoms with van der Waals surface area (Å²) in [5, 5.41) is 14.6. The molecule has 9 nitrogen and oxygen atoms in total. The van der Waals surface area contributed by atoms with Crippen molar-refractivity contribution < 1.29 is 14.3 Å². The Morgan fingerprint density at radius 1 is 1.09 bits per heavy atom. The highest BCUT2D eigenvalue weighted by atomic mass is 16.5. The molecule has 1 aromatic heterocycles. The van der Waals surface area contributed by atoms with Gasteiger partial charge >= 0.3 is 6.03 Å². The highest BCUT2D eigenvalue weighted by Gasteiger charge is 2.34. The number of nitrogens with zero attached hydrogens (tertiary/aromatic N) is 3. The van der Waals surface area contributed by atoms with E-state index in [1.165, 1.54) is 17.9 Å². The van der Waals surface area contributed by atoms with Gasteiger partial charge < -0.3 is 10.1 Å². The lowest BCUT2D eigenvalue weighted by Gasteiger charge is -2.11. The molecule has 0 radical (unpaired) electrons. The third-order valence-corrected chi connectivity index (χ3v) is 4.96. The minimum absolute atomic E-state index is 0.00381. The van der Waals surface area contributed by atoms with Gasteiger partial charge in [0.15, 0.2) is 0 Å². The van der Waals surface area contributed by atoms with E-state index < -0.39 is 11.9 Å². The number of imide groups is 1. The molecule has 2 N–H and O–H groups in total. The van der Waals surface area contributed by atoms with Crippen LogP contribution in [0.5, 0.6) is 0 Å². The summed E-state index contributed by atoms with van der Waals surface area (Å²) < 4.78 is 6.54. The van der Waals surface area contributed by atoms with Crippen molar-refractivity contribution in [3.63, 3.8) is 0 Å². The van der Waals surface area contributed by atoms with Crippen LogP contribution in [-0.2, 0) is 22.7 Å². The molecule has 32 heavy (non-hydrogen) atoms. The second-order valence-electron chi connectivity index (χ2n) is 7.10. The van der Waals surface area contributed by atoms with E-state index in [1.807, 2.05) is 12.1 Å². The molecular weight excluding hydrogens is 410 g/mol. The van der Waals surface area contributed by atoms with Crippen LogP contribution in [0.3, 0.4) is 0 Å². The van der Waals surface area contributed by atoms with Gasteiger partial charge in [-0.1, -0.05) is 30.3 Å². The molecule has 3 amide bonds. The highest BCUT2D eigenvalue weighted by molar-refractivity contribution is 6.13. The number of methoxy groups -OCH3 is 1. The van der Waals surface area contributed by atoms with Gasteiger partial charge in [0.25, 0.3) is 11.5 Å². The van der Waals surface area contributed by atoms with Crippen LogP contribution >= 0.6 is 0 Å². The van der Waals surface area contributed by atoms with E-state index in [0.717, 1.165) is 4.90 Å². The molecule has 4 rings (SSSR count). The quantitative estimate of drug-likeness (QED) is 0.460. The lowest BCUT2D eigenvalue weighted by atomic mass is 10.1. The van der Waals surface area contributed by atoms with Gasteiger partial charge in [-0.3, -0.25) is 19.6 Å². The Balaban J connectivity index is 1.67. The number of nitriles is 1. The minimum atomic E-state index is -0.601. The molecule has 1 fully saturated rings. The molecule has 0 atom stereocenters. The molecule has 2 aromatic carbocycles. The maximum absolute atomic E-state index is 13.0.